The number of dihydropyridines is 1. The van der Waals surface area contributed by atoms with Crippen LogP contribution in [0, 0.1) is 0 Å². The van der Waals surface area contributed by atoms with Crippen LogP contribution in [0.15, 0.2) is 52.9 Å². The third-order valence-corrected chi connectivity index (χ3v) is 5.16. The Labute approximate surface area is 200 Å². The van der Waals surface area contributed by atoms with Gasteiger partial charge in [0.2, 0.25) is 0 Å². The molecule has 3 N–H and O–H groups in total. The van der Waals surface area contributed by atoms with Gasteiger partial charge in [-0.15, -0.1) is 0 Å². The predicted octanol–water partition coefficient (Wildman–Crippen LogP) is 3.68. The summed E-state index contributed by atoms with van der Waals surface area (Å²) in [4.78, 5) is 44.1. The summed E-state index contributed by atoms with van der Waals surface area (Å²) >= 11 is 12.5. The van der Waals surface area contributed by atoms with Crippen LogP contribution < -0.4 is 5.32 Å². The van der Waals surface area contributed by atoms with Crippen molar-refractivity contribution >= 4 is 47.1 Å². The lowest BCUT2D eigenvalue weighted by molar-refractivity contribution is -0.139. The number of aliphatic carboxylic acids is 2. The molecule has 0 spiro atoms. The number of ether oxygens (including phenoxy) is 2. The minimum atomic E-state index is -1.26. The fourth-order valence-electron chi connectivity index (χ4n) is 3.05. The number of nitrogens with one attached hydrogen (secondary N) is 1. The van der Waals surface area contributed by atoms with E-state index >= 15 is 0 Å². The number of allylic oxidation sites excluding steroid dienone is 2. The minimum absolute atomic E-state index is 0.210. The maximum absolute atomic E-state index is 12.6. The number of rotatable bonds is 6. The standard InChI is InChI=1S/C18H19Cl2NO4.C4H4O4/c1-5-25-18(23)14-10(3)21-9(2)13(17(22)24-4)15(14)11-7-6-8-12(19)16(11)20;5-3(6)1-2-4(7)8/h6-8,15,21H,5H2,1-4H3;1-2H,(H,5,6)(H,7,8)/b;2-1-. The van der Waals surface area contributed by atoms with Crippen molar-refractivity contribution in [2.45, 2.75) is 26.7 Å². The van der Waals surface area contributed by atoms with Crippen LogP contribution in [0.3, 0.4) is 0 Å². The molecule has 0 amide bonds. The molecule has 0 saturated heterocycles. The van der Waals surface area contributed by atoms with Crippen molar-refractivity contribution in [3.63, 3.8) is 0 Å². The Bertz CT molecular complexity index is 1030. The van der Waals surface area contributed by atoms with E-state index in [1.54, 1.807) is 39.0 Å². The Hall–Kier alpha value is -3.30. The van der Waals surface area contributed by atoms with Crippen molar-refractivity contribution in [1.82, 2.24) is 5.32 Å². The van der Waals surface area contributed by atoms with Crippen molar-refractivity contribution < 1.29 is 38.9 Å². The highest BCUT2D eigenvalue weighted by molar-refractivity contribution is 6.42. The highest BCUT2D eigenvalue weighted by Crippen LogP contribution is 2.43. The average Bonchev–Trinajstić information content (AvgIpc) is 2.73. The summed E-state index contributed by atoms with van der Waals surface area (Å²) in [6.07, 6.45) is 1.12. The lowest BCUT2D eigenvalue weighted by atomic mass is 9.80. The molecule has 0 aromatic heterocycles. The van der Waals surface area contributed by atoms with Gasteiger partial charge in [-0.25, -0.2) is 19.2 Å². The zero-order chi connectivity index (χ0) is 25.3. The fraction of sp³-hybridized carbons (Fsp3) is 0.273. The minimum Gasteiger partial charge on any atom is -0.478 e. The van der Waals surface area contributed by atoms with Crippen LogP contribution in [0.2, 0.25) is 10.0 Å². The van der Waals surface area contributed by atoms with Crippen LogP contribution in [-0.4, -0.2) is 47.8 Å². The van der Waals surface area contributed by atoms with Gasteiger partial charge in [-0.3, -0.25) is 0 Å². The Morgan fingerprint density at radius 1 is 1.00 bits per heavy atom. The van der Waals surface area contributed by atoms with Gasteiger partial charge in [0, 0.05) is 23.5 Å². The smallest absolute Gasteiger partial charge is 0.336 e. The molecule has 1 heterocycles. The van der Waals surface area contributed by atoms with E-state index in [4.69, 9.17) is 42.9 Å². The molecule has 9 nitrogen and oxygen atoms in total. The van der Waals surface area contributed by atoms with Crippen LogP contribution in [-0.2, 0) is 28.7 Å². The Morgan fingerprint density at radius 2 is 1.52 bits per heavy atom. The Kier molecular flexibility index (Phi) is 10.6. The molecule has 2 rings (SSSR count). The van der Waals surface area contributed by atoms with Crippen LogP contribution >= 0.6 is 23.2 Å². The number of esters is 2. The van der Waals surface area contributed by atoms with Crippen LogP contribution in [0.1, 0.15) is 32.3 Å². The van der Waals surface area contributed by atoms with Gasteiger partial charge >= 0.3 is 23.9 Å². The molecule has 1 aromatic rings. The molecule has 178 valence electrons. The number of halogens is 2. The molecule has 1 aliphatic rings. The van der Waals surface area contributed by atoms with Gasteiger partial charge in [-0.05, 0) is 32.4 Å². The van der Waals surface area contributed by atoms with Gasteiger partial charge in [0.1, 0.15) is 0 Å². The first kappa shape index (κ1) is 27.7. The highest BCUT2D eigenvalue weighted by atomic mass is 35.5. The second kappa shape index (κ2) is 12.7. The number of carboxylic acids is 2. The molecule has 0 saturated carbocycles. The first-order valence-electron chi connectivity index (χ1n) is 9.47. The number of carbonyl (C=O) groups excluding carboxylic acids is 2. The van der Waals surface area contributed by atoms with Crippen LogP contribution in [0.25, 0.3) is 0 Å². The number of benzene rings is 1. The first-order valence-corrected chi connectivity index (χ1v) is 10.2. The summed E-state index contributed by atoms with van der Waals surface area (Å²) in [5, 5.41) is 19.3. The maximum Gasteiger partial charge on any atom is 0.336 e. The summed E-state index contributed by atoms with van der Waals surface area (Å²) in [7, 11) is 1.29. The molecule has 1 atom stereocenters. The van der Waals surface area contributed by atoms with Gasteiger partial charge < -0.3 is 25.0 Å². The highest BCUT2D eigenvalue weighted by Gasteiger charge is 2.38. The maximum atomic E-state index is 12.6. The van der Waals surface area contributed by atoms with Crippen molar-refractivity contribution in [1.29, 1.82) is 0 Å². The van der Waals surface area contributed by atoms with E-state index < -0.39 is 29.8 Å². The average molecular weight is 500 g/mol. The first-order chi connectivity index (χ1) is 15.5. The van der Waals surface area contributed by atoms with Crippen molar-refractivity contribution in [3.05, 3.63) is 68.5 Å². The zero-order valence-electron chi connectivity index (χ0n) is 18.3. The van der Waals surface area contributed by atoms with Gasteiger partial charge in [-0.2, -0.15) is 0 Å². The van der Waals surface area contributed by atoms with Crippen molar-refractivity contribution in [2.24, 2.45) is 0 Å². The van der Waals surface area contributed by atoms with E-state index in [1.165, 1.54) is 7.11 Å². The van der Waals surface area contributed by atoms with E-state index in [0.717, 1.165) is 0 Å². The molecule has 0 aliphatic carbocycles. The molecule has 0 bridgehead atoms. The molecule has 11 heteroatoms. The van der Waals surface area contributed by atoms with Crippen molar-refractivity contribution in [2.75, 3.05) is 13.7 Å². The van der Waals surface area contributed by atoms with E-state index in [1.807, 2.05) is 0 Å². The number of carbonyl (C=O) groups is 4. The molecule has 33 heavy (non-hydrogen) atoms. The monoisotopic (exact) mass is 499 g/mol. The second-order valence-electron chi connectivity index (χ2n) is 6.50. The van der Waals surface area contributed by atoms with E-state index in [9.17, 15) is 19.2 Å². The zero-order valence-corrected chi connectivity index (χ0v) is 19.8. The third-order valence-electron chi connectivity index (χ3n) is 4.32. The topological polar surface area (TPSA) is 139 Å². The number of hydrogen-bond donors (Lipinski definition) is 3. The molecule has 0 radical (unpaired) electrons. The largest absolute Gasteiger partial charge is 0.478 e. The predicted molar refractivity (Wildman–Crippen MR) is 121 cm³/mol. The molecule has 1 unspecified atom stereocenters. The molecular formula is C22H23Cl2NO8. The third kappa shape index (κ3) is 7.37. The van der Waals surface area contributed by atoms with Crippen LogP contribution in [0.4, 0.5) is 0 Å². The van der Waals surface area contributed by atoms with E-state index in [0.29, 0.717) is 45.3 Å². The normalized spacial score (nSPS) is 15.4. The number of hydrogen-bond acceptors (Lipinski definition) is 7. The lowest BCUT2D eigenvalue weighted by Gasteiger charge is -2.30. The van der Waals surface area contributed by atoms with Gasteiger partial charge in [0.25, 0.3) is 0 Å². The van der Waals surface area contributed by atoms with Crippen molar-refractivity contribution in [3.8, 4) is 0 Å². The fourth-order valence-corrected chi connectivity index (χ4v) is 3.47. The lowest BCUT2D eigenvalue weighted by Crippen LogP contribution is -2.32. The summed E-state index contributed by atoms with van der Waals surface area (Å²) in [6.45, 7) is 5.41. The van der Waals surface area contributed by atoms with Gasteiger partial charge in [0.05, 0.1) is 40.8 Å². The van der Waals surface area contributed by atoms with Crippen LogP contribution in [0.5, 0.6) is 0 Å². The summed E-state index contributed by atoms with van der Waals surface area (Å²) in [5.41, 5.74) is 2.30. The van der Waals surface area contributed by atoms with E-state index in [2.05, 4.69) is 5.32 Å². The number of carboxylic acid groups (broad SMARTS) is 2. The summed E-state index contributed by atoms with van der Waals surface area (Å²) < 4.78 is 10.1. The Morgan fingerprint density at radius 3 is 1.97 bits per heavy atom. The molecule has 1 aromatic carbocycles. The molecule has 0 fully saturated rings. The quantitative estimate of drug-likeness (QED) is 0.394. The van der Waals surface area contributed by atoms with Gasteiger partial charge in [-0.1, -0.05) is 35.3 Å². The number of methoxy groups -OCH3 is 1. The summed E-state index contributed by atoms with van der Waals surface area (Å²) in [6, 6.07) is 5.09. The van der Waals surface area contributed by atoms with Gasteiger partial charge in [0.15, 0.2) is 0 Å². The van der Waals surface area contributed by atoms with E-state index in [-0.39, 0.29) is 11.6 Å². The second-order valence-corrected chi connectivity index (χ2v) is 7.29. The molecule has 1 aliphatic heterocycles. The SMILES string of the molecule is CCOC(=O)C1=C(C)NC(C)=C(C(=O)OC)C1c1cccc(Cl)c1Cl.O=C(O)/C=C\C(=O)O. The summed E-state index contributed by atoms with van der Waals surface area (Å²) in [5.74, 6) is -4.33. The molecular weight excluding hydrogens is 477 g/mol. The Balaban J connectivity index is 0.000000582.